The monoisotopic (exact) mass is 395 g/mol. The van der Waals surface area contributed by atoms with Gasteiger partial charge in [-0.05, 0) is 86.3 Å². The molecule has 1 amide bonds. The lowest BCUT2D eigenvalue weighted by Crippen LogP contribution is -2.59. The lowest BCUT2D eigenvalue weighted by Gasteiger charge is -2.62. The Bertz CT molecular complexity index is 842. The average molecular weight is 396 g/mol. The molecule has 2 heterocycles. The summed E-state index contributed by atoms with van der Waals surface area (Å²) in [6, 6.07) is 7.07. The van der Waals surface area contributed by atoms with Crippen molar-refractivity contribution >= 4 is 5.91 Å². The molecule has 2 atom stereocenters. The molecule has 1 spiro atoms. The number of hydrogen-bond donors (Lipinski definition) is 0. The summed E-state index contributed by atoms with van der Waals surface area (Å²) in [5.41, 5.74) is 4.29. The van der Waals surface area contributed by atoms with E-state index in [0.717, 1.165) is 32.2 Å². The molecule has 0 aromatic heterocycles. The van der Waals surface area contributed by atoms with Gasteiger partial charge in [-0.25, -0.2) is 0 Å². The highest BCUT2D eigenvalue weighted by Gasteiger charge is 2.62. The van der Waals surface area contributed by atoms with Crippen molar-refractivity contribution in [3.63, 3.8) is 0 Å². The zero-order valence-electron chi connectivity index (χ0n) is 17.8. The van der Waals surface area contributed by atoms with Gasteiger partial charge in [-0.15, -0.1) is 0 Å². The summed E-state index contributed by atoms with van der Waals surface area (Å²) >= 11 is 0. The van der Waals surface area contributed by atoms with Crippen LogP contribution in [-0.2, 0) is 19.7 Å². The molecule has 2 aliphatic heterocycles. The summed E-state index contributed by atoms with van der Waals surface area (Å²) in [6.07, 6.45) is 7.94. The third kappa shape index (κ3) is 2.68. The molecule has 7 rings (SSSR count). The van der Waals surface area contributed by atoms with Gasteiger partial charge in [-0.1, -0.05) is 18.2 Å². The Morgan fingerprint density at radius 3 is 2.45 bits per heavy atom. The predicted molar refractivity (Wildman–Crippen MR) is 111 cm³/mol. The van der Waals surface area contributed by atoms with Crippen LogP contribution >= 0.6 is 0 Å². The zero-order chi connectivity index (χ0) is 19.9. The quantitative estimate of drug-likeness (QED) is 0.756. The van der Waals surface area contributed by atoms with E-state index in [1.165, 1.54) is 36.0 Å². The van der Waals surface area contributed by atoms with Gasteiger partial charge in [0.1, 0.15) is 0 Å². The second-order valence-corrected chi connectivity index (χ2v) is 10.9. The molecule has 4 nitrogen and oxygen atoms in total. The van der Waals surface area contributed by atoms with E-state index in [1.807, 2.05) is 0 Å². The Hall–Kier alpha value is -1.39. The molecule has 2 saturated heterocycles. The van der Waals surface area contributed by atoms with Crippen molar-refractivity contribution in [3.8, 4) is 0 Å². The topological polar surface area (TPSA) is 38.8 Å². The fraction of sp³-hybridized carbons (Fsp3) is 0.720. The van der Waals surface area contributed by atoms with Gasteiger partial charge < -0.3 is 14.4 Å². The van der Waals surface area contributed by atoms with Crippen LogP contribution in [0.2, 0.25) is 0 Å². The average Bonchev–Trinajstić information content (AvgIpc) is 3.32. The molecule has 1 aromatic rings. The maximum absolute atomic E-state index is 13.9. The van der Waals surface area contributed by atoms with E-state index in [1.54, 1.807) is 0 Å². The fourth-order valence-electron chi connectivity index (χ4n) is 7.92. The summed E-state index contributed by atoms with van der Waals surface area (Å²) in [6.45, 7) is 7.15. The summed E-state index contributed by atoms with van der Waals surface area (Å²) in [5.74, 6) is 1.30. The Balaban J connectivity index is 1.32. The van der Waals surface area contributed by atoms with Crippen LogP contribution in [0.15, 0.2) is 18.2 Å². The van der Waals surface area contributed by atoms with E-state index >= 15 is 0 Å². The number of benzene rings is 1. The largest absolute Gasteiger partial charge is 0.346 e. The molecule has 29 heavy (non-hydrogen) atoms. The molecule has 0 N–H and O–H groups in total. The summed E-state index contributed by atoms with van der Waals surface area (Å²) in [7, 11) is 0. The smallest absolute Gasteiger partial charge is 0.229 e. The Kier molecular flexibility index (Phi) is 3.85. The first-order chi connectivity index (χ1) is 13.9. The molecule has 4 aliphatic carbocycles. The van der Waals surface area contributed by atoms with Crippen LogP contribution in [-0.4, -0.2) is 42.9 Å². The SMILES string of the molecule is Cc1ccc(C23CC4CC(CC(C(=O)N5CCC6(C5)OCCO6)(C4)C2)C3)cc1C. The number of hydrogen-bond acceptors (Lipinski definition) is 3. The number of carbonyl (C=O) groups excluding carboxylic acids is 1. The third-order valence-corrected chi connectivity index (χ3v) is 8.93. The Morgan fingerprint density at radius 1 is 1.03 bits per heavy atom. The first kappa shape index (κ1) is 18.4. The normalized spacial score (nSPS) is 39.6. The molecule has 0 radical (unpaired) electrons. The summed E-state index contributed by atoms with van der Waals surface area (Å²) in [4.78, 5) is 16.0. The molecule has 6 fully saturated rings. The molecule has 2 unspecified atom stereocenters. The summed E-state index contributed by atoms with van der Waals surface area (Å²) in [5, 5.41) is 0. The molecule has 4 bridgehead atoms. The lowest BCUT2D eigenvalue weighted by atomic mass is 9.42. The van der Waals surface area contributed by atoms with Gasteiger partial charge in [0.15, 0.2) is 5.79 Å². The van der Waals surface area contributed by atoms with E-state index < -0.39 is 5.79 Å². The van der Waals surface area contributed by atoms with Gasteiger partial charge in [0.25, 0.3) is 0 Å². The van der Waals surface area contributed by atoms with Crippen molar-refractivity contribution in [2.75, 3.05) is 26.3 Å². The third-order valence-electron chi connectivity index (χ3n) is 8.93. The molecule has 4 saturated carbocycles. The highest BCUT2D eigenvalue weighted by molar-refractivity contribution is 5.84. The number of likely N-dealkylation sites (tertiary alicyclic amines) is 1. The number of ether oxygens (including phenoxy) is 2. The second-order valence-electron chi connectivity index (χ2n) is 10.9. The Labute approximate surface area is 173 Å². The van der Waals surface area contributed by atoms with Crippen LogP contribution in [0.25, 0.3) is 0 Å². The molecule has 4 heteroatoms. The van der Waals surface area contributed by atoms with Crippen molar-refractivity contribution in [3.05, 3.63) is 34.9 Å². The van der Waals surface area contributed by atoms with E-state index in [-0.39, 0.29) is 10.8 Å². The van der Waals surface area contributed by atoms with Crippen LogP contribution < -0.4 is 0 Å². The lowest BCUT2D eigenvalue weighted by molar-refractivity contribution is -0.168. The number of amides is 1. The first-order valence-electron chi connectivity index (χ1n) is 11.6. The van der Waals surface area contributed by atoms with Gasteiger partial charge in [0.05, 0.1) is 25.2 Å². The number of rotatable bonds is 2. The van der Waals surface area contributed by atoms with Gasteiger partial charge in [0.2, 0.25) is 5.91 Å². The standard InChI is InChI=1S/C25H33NO3/c1-17-3-4-21(9-18(17)2)23-11-19-10-20(12-23)14-24(13-19,15-23)22(27)26-6-5-25(16-26)28-7-8-29-25/h3-4,9,19-20H,5-8,10-16H2,1-2H3. The molecular weight excluding hydrogens is 362 g/mol. The van der Waals surface area contributed by atoms with E-state index in [9.17, 15) is 4.79 Å². The highest BCUT2D eigenvalue weighted by Crippen LogP contribution is 2.66. The molecule has 6 aliphatic rings. The maximum atomic E-state index is 13.9. The minimum absolute atomic E-state index is 0.160. The molecule has 156 valence electrons. The van der Waals surface area contributed by atoms with Crippen molar-refractivity contribution in [1.29, 1.82) is 0 Å². The van der Waals surface area contributed by atoms with Gasteiger partial charge in [-0.3, -0.25) is 4.79 Å². The minimum atomic E-state index is -0.510. The van der Waals surface area contributed by atoms with Crippen molar-refractivity contribution in [2.45, 2.75) is 70.0 Å². The van der Waals surface area contributed by atoms with Gasteiger partial charge in [0, 0.05) is 13.0 Å². The molecule has 1 aromatic carbocycles. The number of carbonyl (C=O) groups is 1. The first-order valence-corrected chi connectivity index (χ1v) is 11.6. The second kappa shape index (κ2) is 6.07. The van der Waals surface area contributed by atoms with Crippen molar-refractivity contribution in [2.24, 2.45) is 17.3 Å². The predicted octanol–water partition coefficient (Wildman–Crippen LogP) is 4.12. The van der Waals surface area contributed by atoms with Crippen LogP contribution in [0.4, 0.5) is 0 Å². The van der Waals surface area contributed by atoms with Crippen LogP contribution in [0.1, 0.15) is 61.6 Å². The van der Waals surface area contributed by atoms with Gasteiger partial charge >= 0.3 is 0 Å². The Morgan fingerprint density at radius 2 is 1.76 bits per heavy atom. The van der Waals surface area contributed by atoms with Crippen molar-refractivity contribution in [1.82, 2.24) is 4.90 Å². The highest BCUT2D eigenvalue weighted by atomic mass is 16.7. The van der Waals surface area contributed by atoms with Crippen LogP contribution in [0.5, 0.6) is 0 Å². The fourth-order valence-corrected chi connectivity index (χ4v) is 7.92. The van der Waals surface area contributed by atoms with Crippen LogP contribution in [0.3, 0.4) is 0 Å². The van der Waals surface area contributed by atoms with Crippen LogP contribution in [0, 0.1) is 31.1 Å². The van der Waals surface area contributed by atoms with E-state index in [2.05, 4.69) is 36.9 Å². The number of nitrogens with zero attached hydrogens (tertiary/aromatic N) is 1. The van der Waals surface area contributed by atoms with Gasteiger partial charge in [-0.2, -0.15) is 0 Å². The molecular formula is C25H33NO3. The van der Waals surface area contributed by atoms with E-state index in [0.29, 0.717) is 37.5 Å². The van der Waals surface area contributed by atoms with E-state index in [4.69, 9.17) is 9.47 Å². The minimum Gasteiger partial charge on any atom is -0.346 e. The van der Waals surface area contributed by atoms with Crippen molar-refractivity contribution < 1.29 is 14.3 Å². The maximum Gasteiger partial charge on any atom is 0.229 e. The zero-order valence-corrected chi connectivity index (χ0v) is 17.8. The number of aryl methyl sites for hydroxylation is 2. The summed E-state index contributed by atoms with van der Waals surface area (Å²) < 4.78 is 11.8.